The summed E-state index contributed by atoms with van der Waals surface area (Å²) in [5.41, 5.74) is 7.52. The Morgan fingerprint density at radius 3 is 2.62 bits per heavy atom. The van der Waals surface area contributed by atoms with Crippen LogP contribution >= 0.6 is 12.4 Å². The zero-order valence-electron chi connectivity index (χ0n) is 14.9. The van der Waals surface area contributed by atoms with E-state index in [4.69, 9.17) is 10.5 Å². The summed E-state index contributed by atoms with van der Waals surface area (Å²) in [5.74, 6) is 1.01. The van der Waals surface area contributed by atoms with Gasteiger partial charge in [0, 0.05) is 18.7 Å². The van der Waals surface area contributed by atoms with Crippen LogP contribution in [0.1, 0.15) is 32.8 Å². The fraction of sp³-hybridized carbons (Fsp3) is 0.500. The topological polar surface area (TPSA) is 38.5 Å². The second kappa shape index (κ2) is 7.73. The first-order chi connectivity index (χ1) is 11.0. The molecule has 3 rings (SSSR count). The Bertz CT molecular complexity index is 688. The zero-order chi connectivity index (χ0) is 16.4. The molecule has 0 spiro atoms. The van der Waals surface area contributed by atoms with Crippen LogP contribution in [0.15, 0.2) is 36.4 Å². The van der Waals surface area contributed by atoms with Crippen molar-refractivity contribution in [3.8, 4) is 5.75 Å². The zero-order valence-corrected chi connectivity index (χ0v) is 15.7. The molecule has 2 aromatic rings. The highest BCUT2D eigenvalue weighted by molar-refractivity contribution is 5.87. The molecule has 4 heteroatoms. The average molecular weight is 349 g/mol. The van der Waals surface area contributed by atoms with Crippen LogP contribution in [-0.4, -0.2) is 30.6 Å². The number of ether oxygens (including phenoxy) is 1. The van der Waals surface area contributed by atoms with Gasteiger partial charge in [-0.25, -0.2) is 0 Å². The Kier molecular flexibility index (Phi) is 6.13. The molecule has 1 aliphatic heterocycles. The van der Waals surface area contributed by atoms with Crippen molar-refractivity contribution in [3.63, 3.8) is 0 Å². The predicted octanol–water partition coefficient (Wildman–Crippen LogP) is 4.22. The van der Waals surface area contributed by atoms with Gasteiger partial charge in [0.15, 0.2) is 0 Å². The molecule has 132 valence electrons. The van der Waals surface area contributed by atoms with E-state index >= 15 is 0 Å². The van der Waals surface area contributed by atoms with E-state index in [1.54, 1.807) is 0 Å². The van der Waals surface area contributed by atoms with Gasteiger partial charge in [-0.15, -0.1) is 12.4 Å². The van der Waals surface area contributed by atoms with Crippen molar-refractivity contribution in [1.29, 1.82) is 0 Å². The first kappa shape index (κ1) is 19.0. The van der Waals surface area contributed by atoms with Gasteiger partial charge in [0.25, 0.3) is 0 Å². The molecule has 1 heterocycles. The second-order valence-electron chi connectivity index (χ2n) is 7.41. The number of halogens is 1. The average Bonchev–Trinajstić information content (AvgIpc) is 2.91. The van der Waals surface area contributed by atoms with Crippen LogP contribution in [0.5, 0.6) is 5.75 Å². The molecule has 2 aromatic carbocycles. The van der Waals surface area contributed by atoms with Crippen molar-refractivity contribution in [2.75, 3.05) is 19.6 Å². The first-order valence-electron chi connectivity index (χ1n) is 8.60. The third kappa shape index (κ3) is 4.02. The van der Waals surface area contributed by atoms with Gasteiger partial charge in [0.1, 0.15) is 5.75 Å². The summed E-state index contributed by atoms with van der Waals surface area (Å²) in [4.78, 5) is 2.52. The summed E-state index contributed by atoms with van der Waals surface area (Å²) in [6.45, 7) is 10.3. The van der Waals surface area contributed by atoms with Crippen molar-refractivity contribution in [2.24, 2.45) is 11.1 Å². The number of likely N-dealkylation sites (tertiary alicyclic amines) is 1. The number of hydrogen-bond donors (Lipinski definition) is 1. The molecule has 0 saturated carbocycles. The van der Waals surface area contributed by atoms with E-state index in [0.29, 0.717) is 0 Å². The lowest BCUT2D eigenvalue weighted by Crippen LogP contribution is -2.31. The molecule has 24 heavy (non-hydrogen) atoms. The maximum absolute atomic E-state index is 6.09. The number of nitrogens with zero attached hydrogens (tertiary/aromatic N) is 1. The molecule has 0 aliphatic carbocycles. The van der Waals surface area contributed by atoms with Gasteiger partial charge < -0.3 is 10.5 Å². The predicted molar refractivity (Wildman–Crippen MR) is 104 cm³/mol. The van der Waals surface area contributed by atoms with E-state index < -0.39 is 0 Å². The molecule has 0 aromatic heterocycles. The lowest BCUT2D eigenvalue weighted by molar-refractivity contribution is 0.231. The van der Waals surface area contributed by atoms with Gasteiger partial charge in [-0.05, 0) is 55.6 Å². The number of hydrogen-bond acceptors (Lipinski definition) is 3. The number of nitrogens with two attached hydrogens (primary N) is 1. The Labute approximate surface area is 151 Å². The van der Waals surface area contributed by atoms with Gasteiger partial charge in [-0.2, -0.15) is 0 Å². The quantitative estimate of drug-likeness (QED) is 0.879. The summed E-state index contributed by atoms with van der Waals surface area (Å²) in [5, 5.41) is 2.58. The van der Waals surface area contributed by atoms with Crippen molar-refractivity contribution >= 4 is 23.2 Å². The molecule has 0 bridgehead atoms. The minimum absolute atomic E-state index is 0. The molecule has 2 N–H and O–H groups in total. The Morgan fingerprint density at radius 1 is 1.21 bits per heavy atom. The normalized spacial score (nSPS) is 21.2. The first-order valence-corrected chi connectivity index (χ1v) is 8.60. The fourth-order valence-electron chi connectivity index (χ4n) is 3.49. The van der Waals surface area contributed by atoms with Crippen LogP contribution in [0, 0.1) is 5.41 Å². The highest BCUT2D eigenvalue weighted by Gasteiger charge is 2.32. The SMILES string of the molecule is CC(C)Oc1ccc2ccccc2c1CN1CCC(C)(CN)C1.Cl. The lowest BCUT2D eigenvalue weighted by Gasteiger charge is -2.24. The third-order valence-corrected chi connectivity index (χ3v) is 4.87. The molecule has 0 amide bonds. The Hall–Kier alpha value is -1.29. The fourth-order valence-corrected chi connectivity index (χ4v) is 3.49. The number of benzene rings is 2. The third-order valence-electron chi connectivity index (χ3n) is 4.87. The van der Waals surface area contributed by atoms with Crippen LogP contribution in [0.2, 0.25) is 0 Å². The monoisotopic (exact) mass is 348 g/mol. The van der Waals surface area contributed by atoms with Crippen LogP contribution in [0.25, 0.3) is 10.8 Å². The highest BCUT2D eigenvalue weighted by Crippen LogP contribution is 2.34. The second-order valence-corrected chi connectivity index (χ2v) is 7.41. The van der Waals surface area contributed by atoms with Gasteiger partial charge in [-0.1, -0.05) is 37.3 Å². The van der Waals surface area contributed by atoms with Crippen molar-refractivity contribution in [1.82, 2.24) is 4.90 Å². The van der Waals surface area contributed by atoms with E-state index in [-0.39, 0.29) is 23.9 Å². The van der Waals surface area contributed by atoms with Crippen molar-refractivity contribution < 1.29 is 4.74 Å². The van der Waals surface area contributed by atoms with E-state index in [9.17, 15) is 0 Å². The van der Waals surface area contributed by atoms with Crippen LogP contribution in [0.4, 0.5) is 0 Å². The van der Waals surface area contributed by atoms with Crippen LogP contribution in [0.3, 0.4) is 0 Å². The van der Waals surface area contributed by atoms with Gasteiger partial charge in [0.2, 0.25) is 0 Å². The summed E-state index contributed by atoms with van der Waals surface area (Å²) in [6, 6.07) is 12.9. The molecule has 3 nitrogen and oxygen atoms in total. The minimum atomic E-state index is 0. The number of rotatable bonds is 5. The summed E-state index contributed by atoms with van der Waals surface area (Å²) in [7, 11) is 0. The van der Waals surface area contributed by atoms with Gasteiger partial charge in [0.05, 0.1) is 6.10 Å². The Balaban J connectivity index is 0.00000208. The molecule has 1 aliphatic rings. The van der Waals surface area contributed by atoms with Gasteiger partial charge >= 0.3 is 0 Å². The molecular formula is C20H29ClN2O. The summed E-state index contributed by atoms with van der Waals surface area (Å²) < 4.78 is 6.09. The van der Waals surface area contributed by atoms with Gasteiger partial charge in [-0.3, -0.25) is 4.90 Å². The smallest absolute Gasteiger partial charge is 0.124 e. The molecule has 1 unspecified atom stereocenters. The van der Waals surface area contributed by atoms with Crippen molar-refractivity contribution in [3.05, 3.63) is 42.0 Å². The summed E-state index contributed by atoms with van der Waals surface area (Å²) in [6.07, 6.45) is 1.36. The largest absolute Gasteiger partial charge is 0.491 e. The minimum Gasteiger partial charge on any atom is -0.491 e. The highest BCUT2D eigenvalue weighted by atomic mass is 35.5. The van der Waals surface area contributed by atoms with E-state index in [0.717, 1.165) is 31.9 Å². The molecular weight excluding hydrogens is 320 g/mol. The molecule has 1 atom stereocenters. The van der Waals surface area contributed by atoms with Crippen LogP contribution < -0.4 is 10.5 Å². The van der Waals surface area contributed by atoms with E-state index in [1.807, 2.05) is 0 Å². The lowest BCUT2D eigenvalue weighted by atomic mass is 9.90. The summed E-state index contributed by atoms with van der Waals surface area (Å²) >= 11 is 0. The van der Waals surface area contributed by atoms with E-state index in [1.165, 1.54) is 22.8 Å². The molecule has 1 saturated heterocycles. The number of fused-ring (bicyclic) bond motifs is 1. The standard InChI is InChI=1S/C20H28N2O.ClH/c1-15(2)23-19-9-8-16-6-4-5-7-17(16)18(19)12-22-11-10-20(3,13-21)14-22;/h4-9,15H,10-14,21H2,1-3H3;1H. The molecule has 0 radical (unpaired) electrons. The van der Waals surface area contributed by atoms with E-state index in [2.05, 4.69) is 62.1 Å². The maximum atomic E-state index is 6.09. The van der Waals surface area contributed by atoms with Crippen LogP contribution in [-0.2, 0) is 6.54 Å². The Morgan fingerprint density at radius 2 is 1.96 bits per heavy atom. The maximum Gasteiger partial charge on any atom is 0.124 e. The molecule has 1 fully saturated rings. The van der Waals surface area contributed by atoms with Crippen molar-refractivity contribution in [2.45, 2.75) is 39.8 Å².